The lowest BCUT2D eigenvalue weighted by Gasteiger charge is -2.32. The molecule has 1 rings (SSSR count). The number of rotatable bonds is 14. The molecular formula is C27H50N3+. The Morgan fingerprint density at radius 1 is 1.27 bits per heavy atom. The molecule has 0 aliphatic carbocycles. The van der Waals surface area contributed by atoms with Gasteiger partial charge in [0.25, 0.3) is 0 Å². The molecule has 30 heavy (non-hydrogen) atoms. The Labute approximate surface area is 188 Å². The van der Waals surface area contributed by atoms with Gasteiger partial charge in [-0.1, -0.05) is 44.2 Å². The minimum atomic E-state index is 0.491. The van der Waals surface area contributed by atoms with Crippen LogP contribution in [0, 0.1) is 0 Å². The summed E-state index contributed by atoms with van der Waals surface area (Å²) in [5.41, 5.74) is 2.91. The summed E-state index contributed by atoms with van der Waals surface area (Å²) in [5, 5.41) is 0. The molecule has 0 spiro atoms. The maximum absolute atomic E-state index is 4.39. The summed E-state index contributed by atoms with van der Waals surface area (Å²) in [6.07, 6.45) is 15.0. The largest absolute Gasteiger partial charge is 0.373 e. The van der Waals surface area contributed by atoms with Crippen LogP contribution in [0.4, 0.5) is 0 Å². The number of nitrogens with zero attached hydrogens (tertiary/aromatic N) is 3. The van der Waals surface area contributed by atoms with Gasteiger partial charge in [0.05, 0.1) is 0 Å². The minimum absolute atomic E-state index is 0.491. The van der Waals surface area contributed by atoms with E-state index in [1.807, 2.05) is 0 Å². The van der Waals surface area contributed by atoms with Crippen LogP contribution in [0.5, 0.6) is 0 Å². The van der Waals surface area contributed by atoms with Crippen molar-refractivity contribution in [2.24, 2.45) is 0 Å². The normalized spacial score (nSPS) is 18.5. The minimum Gasteiger partial charge on any atom is -0.373 e. The van der Waals surface area contributed by atoms with E-state index in [9.17, 15) is 0 Å². The second kappa shape index (κ2) is 14.6. The molecule has 0 aromatic rings. The number of hydrogen-bond acceptors (Lipinski definition) is 2. The molecule has 3 atom stereocenters. The third kappa shape index (κ3) is 9.20. The van der Waals surface area contributed by atoms with Gasteiger partial charge in [-0.3, -0.25) is 4.90 Å². The summed E-state index contributed by atoms with van der Waals surface area (Å²) in [5.74, 6) is 0. The molecule has 0 fully saturated rings. The van der Waals surface area contributed by atoms with Gasteiger partial charge in [-0.15, -0.1) is 0 Å². The molecule has 0 N–H and O–H groups in total. The molecule has 0 amide bonds. The second-order valence-electron chi connectivity index (χ2n) is 9.19. The van der Waals surface area contributed by atoms with Crippen LogP contribution in [-0.2, 0) is 0 Å². The highest BCUT2D eigenvalue weighted by molar-refractivity contribution is 5.15. The van der Waals surface area contributed by atoms with E-state index >= 15 is 0 Å². The fourth-order valence-corrected chi connectivity index (χ4v) is 4.44. The molecular weight excluding hydrogens is 366 g/mol. The smallest absolute Gasteiger partial charge is 0.153 e. The Balaban J connectivity index is 2.42. The summed E-state index contributed by atoms with van der Waals surface area (Å²) in [4.78, 5) is 5.11. The molecule has 1 aliphatic heterocycles. The first-order chi connectivity index (χ1) is 14.3. The van der Waals surface area contributed by atoms with Gasteiger partial charge >= 0.3 is 0 Å². The highest BCUT2D eigenvalue weighted by Gasteiger charge is 2.20. The van der Waals surface area contributed by atoms with Gasteiger partial charge in [-0.2, -0.15) is 0 Å². The molecule has 3 unspecified atom stereocenters. The first-order valence-corrected chi connectivity index (χ1v) is 12.4. The lowest BCUT2D eigenvalue weighted by molar-refractivity contribution is -0.554. The molecule has 3 heteroatoms. The summed E-state index contributed by atoms with van der Waals surface area (Å²) >= 11 is 0. The van der Waals surface area contributed by atoms with E-state index in [0.717, 1.165) is 32.4 Å². The molecule has 0 radical (unpaired) electrons. The van der Waals surface area contributed by atoms with Gasteiger partial charge in [0, 0.05) is 50.3 Å². The average Bonchev–Trinajstić information content (AvgIpc) is 2.97. The lowest BCUT2D eigenvalue weighted by atomic mass is 10.0. The average molecular weight is 417 g/mol. The molecule has 1 heterocycles. The Morgan fingerprint density at radius 2 is 2.00 bits per heavy atom. The van der Waals surface area contributed by atoms with Gasteiger partial charge in [0.1, 0.15) is 13.3 Å². The SMILES string of the molecule is C=C(CCC[N+](=C)C(C)CC1=CCCN(C(C)C=CC)CC1)N(CCC)C(C)CC. The van der Waals surface area contributed by atoms with Crippen molar-refractivity contribution in [3.63, 3.8) is 0 Å². The van der Waals surface area contributed by atoms with Crippen LogP contribution in [0.2, 0.25) is 0 Å². The molecule has 0 aromatic heterocycles. The molecule has 0 saturated heterocycles. The van der Waals surface area contributed by atoms with Gasteiger partial charge in [-0.25, -0.2) is 4.58 Å². The number of allylic oxidation sites excluding steroid dienone is 2. The summed E-state index contributed by atoms with van der Waals surface area (Å²) < 4.78 is 2.30. The van der Waals surface area contributed by atoms with Crippen LogP contribution in [0.3, 0.4) is 0 Å². The first-order valence-electron chi connectivity index (χ1n) is 12.4. The van der Waals surface area contributed by atoms with Crippen molar-refractivity contribution in [3.8, 4) is 0 Å². The lowest BCUT2D eigenvalue weighted by Crippen LogP contribution is -2.33. The van der Waals surface area contributed by atoms with Crippen molar-refractivity contribution >= 4 is 6.72 Å². The molecule has 0 bridgehead atoms. The van der Waals surface area contributed by atoms with E-state index in [0.29, 0.717) is 18.1 Å². The Kier molecular flexibility index (Phi) is 13.0. The highest BCUT2D eigenvalue weighted by Crippen LogP contribution is 2.20. The third-order valence-corrected chi connectivity index (χ3v) is 6.70. The molecule has 3 nitrogen and oxygen atoms in total. The van der Waals surface area contributed by atoms with Gasteiger partial charge in [0.15, 0.2) is 6.04 Å². The van der Waals surface area contributed by atoms with Crippen molar-refractivity contribution in [2.75, 3.05) is 26.2 Å². The van der Waals surface area contributed by atoms with E-state index in [-0.39, 0.29) is 0 Å². The van der Waals surface area contributed by atoms with E-state index in [4.69, 9.17) is 0 Å². The summed E-state index contributed by atoms with van der Waals surface area (Å²) in [6, 6.07) is 1.62. The molecule has 0 saturated carbocycles. The van der Waals surface area contributed by atoms with Crippen molar-refractivity contribution in [3.05, 3.63) is 36.1 Å². The molecule has 1 aliphatic rings. The fraction of sp³-hybridized carbons (Fsp3) is 0.741. The molecule has 0 aromatic carbocycles. The standard InChI is InChI=1S/C27H50N3/c1-9-14-24(5)29-20-13-16-27(17-21-29)22-26(7)28(8)19-12-15-25(6)30(18-10-2)23(4)11-3/h9,14,16,23-24,26H,6,8,10-13,15,17-22H2,1-5,7H3/q+1. The van der Waals surface area contributed by atoms with Crippen molar-refractivity contribution in [2.45, 2.75) is 105 Å². The van der Waals surface area contributed by atoms with Crippen molar-refractivity contribution in [1.29, 1.82) is 0 Å². The monoisotopic (exact) mass is 416 g/mol. The van der Waals surface area contributed by atoms with Gasteiger partial charge < -0.3 is 4.90 Å². The van der Waals surface area contributed by atoms with Crippen LogP contribution in [0.15, 0.2) is 36.1 Å². The zero-order chi connectivity index (χ0) is 22.5. The van der Waals surface area contributed by atoms with E-state index < -0.39 is 0 Å². The van der Waals surface area contributed by atoms with Crippen LogP contribution < -0.4 is 0 Å². The van der Waals surface area contributed by atoms with Crippen molar-refractivity contribution < 1.29 is 4.58 Å². The van der Waals surface area contributed by atoms with E-state index in [2.05, 4.69) is 87.4 Å². The Hall–Kier alpha value is -1.35. The fourth-order valence-electron chi connectivity index (χ4n) is 4.44. The van der Waals surface area contributed by atoms with E-state index in [1.54, 1.807) is 5.57 Å². The topological polar surface area (TPSA) is 9.49 Å². The first kappa shape index (κ1) is 26.7. The highest BCUT2D eigenvalue weighted by atomic mass is 15.2. The van der Waals surface area contributed by atoms with Crippen LogP contribution in [0.25, 0.3) is 0 Å². The zero-order valence-corrected chi connectivity index (χ0v) is 21.0. The van der Waals surface area contributed by atoms with Gasteiger partial charge in [-0.05, 0) is 59.8 Å². The maximum Gasteiger partial charge on any atom is 0.153 e. The Bertz CT molecular complexity index is 575. The third-order valence-electron chi connectivity index (χ3n) is 6.70. The predicted molar refractivity (Wildman–Crippen MR) is 135 cm³/mol. The molecule has 172 valence electrons. The predicted octanol–water partition coefficient (Wildman–Crippen LogP) is 6.27. The summed E-state index contributed by atoms with van der Waals surface area (Å²) in [7, 11) is 0. The van der Waals surface area contributed by atoms with Crippen LogP contribution in [-0.4, -0.2) is 65.4 Å². The quantitative estimate of drug-likeness (QED) is 0.187. The van der Waals surface area contributed by atoms with Crippen LogP contribution in [0.1, 0.15) is 86.5 Å². The number of hydrogen-bond donors (Lipinski definition) is 0. The van der Waals surface area contributed by atoms with Crippen LogP contribution >= 0.6 is 0 Å². The Morgan fingerprint density at radius 3 is 2.63 bits per heavy atom. The van der Waals surface area contributed by atoms with E-state index in [1.165, 1.54) is 44.5 Å². The van der Waals surface area contributed by atoms with Gasteiger partial charge in [0.2, 0.25) is 0 Å². The second-order valence-corrected chi connectivity index (χ2v) is 9.19. The summed E-state index contributed by atoms with van der Waals surface area (Å²) in [6.45, 7) is 26.9. The zero-order valence-electron chi connectivity index (χ0n) is 21.0. The maximum atomic E-state index is 4.39. The van der Waals surface area contributed by atoms with Crippen molar-refractivity contribution in [1.82, 2.24) is 9.80 Å².